The summed E-state index contributed by atoms with van der Waals surface area (Å²) in [7, 11) is 2.05. The summed E-state index contributed by atoms with van der Waals surface area (Å²) in [6.07, 6.45) is 4.86. The Morgan fingerprint density at radius 2 is 2.00 bits per heavy atom. The van der Waals surface area contributed by atoms with E-state index >= 15 is 0 Å². The molecule has 2 aromatic rings. The standard InChI is InChI=1S/C23H27F2N5O/c1-29-9-6-16(7-10-29)28-22(31)15-11-23(24,25)14-30(13-15)20-5-4-17(19-12-27-19)21-18(20)3-2-8-26-21/h2-5,8,12,15-16,19H,6-7,9-11,13-14H2,1H3,(H,28,31). The molecule has 1 aromatic heterocycles. The van der Waals surface area contributed by atoms with Gasteiger partial charge in [-0.1, -0.05) is 6.07 Å². The molecule has 5 rings (SSSR count). The Kier molecular flexibility index (Phi) is 5.12. The SMILES string of the molecule is CN1CCC(NC(=O)C2CN(c3ccc(C4C=N4)c4ncccc34)CC(F)(F)C2)CC1. The Labute approximate surface area is 180 Å². The topological polar surface area (TPSA) is 60.8 Å². The van der Waals surface area contributed by atoms with E-state index in [4.69, 9.17) is 0 Å². The first kappa shape index (κ1) is 20.3. The first-order valence-electron chi connectivity index (χ1n) is 10.9. The van der Waals surface area contributed by atoms with Gasteiger partial charge in [0.1, 0.15) is 6.04 Å². The molecule has 31 heavy (non-hydrogen) atoms. The van der Waals surface area contributed by atoms with Crippen LogP contribution >= 0.6 is 0 Å². The molecule has 0 bridgehead atoms. The third kappa shape index (κ3) is 4.26. The number of halogens is 2. The number of amides is 1. The number of rotatable bonds is 4. The highest BCUT2D eigenvalue weighted by atomic mass is 19.3. The van der Waals surface area contributed by atoms with Crippen LogP contribution in [0.15, 0.2) is 35.5 Å². The van der Waals surface area contributed by atoms with Crippen LogP contribution in [0.3, 0.4) is 0 Å². The molecule has 0 saturated carbocycles. The highest BCUT2D eigenvalue weighted by Crippen LogP contribution is 2.39. The number of aliphatic imine (C=N–C) groups is 1. The molecule has 1 aromatic carbocycles. The molecular formula is C23H27F2N5O. The predicted octanol–water partition coefficient (Wildman–Crippen LogP) is 3.03. The van der Waals surface area contributed by atoms with Gasteiger partial charge in [0.2, 0.25) is 5.91 Å². The zero-order valence-corrected chi connectivity index (χ0v) is 17.6. The van der Waals surface area contributed by atoms with Crippen LogP contribution in [0, 0.1) is 5.92 Å². The second-order valence-corrected chi connectivity index (χ2v) is 9.04. The Bertz CT molecular complexity index is 1010. The van der Waals surface area contributed by atoms with Crippen molar-refractivity contribution >= 4 is 28.7 Å². The lowest BCUT2D eigenvalue weighted by molar-refractivity contribution is -0.130. The molecule has 1 N–H and O–H groups in total. The molecule has 2 atom stereocenters. The minimum Gasteiger partial charge on any atom is -0.364 e. The molecule has 6 nitrogen and oxygen atoms in total. The molecule has 3 aliphatic heterocycles. The molecule has 164 valence electrons. The molecule has 2 saturated heterocycles. The summed E-state index contributed by atoms with van der Waals surface area (Å²) in [6.45, 7) is 1.70. The number of alkyl halides is 2. The van der Waals surface area contributed by atoms with Crippen LogP contribution in [-0.2, 0) is 4.79 Å². The van der Waals surface area contributed by atoms with Gasteiger partial charge in [0.25, 0.3) is 5.92 Å². The Balaban J connectivity index is 1.38. The summed E-state index contributed by atoms with van der Waals surface area (Å²) in [5, 5.41) is 3.86. The van der Waals surface area contributed by atoms with Gasteiger partial charge >= 0.3 is 0 Å². The zero-order chi connectivity index (χ0) is 21.6. The number of aromatic nitrogens is 1. The average Bonchev–Trinajstić information content (AvgIpc) is 3.58. The van der Waals surface area contributed by atoms with Gasteiger partial charge in [0, 0.05) is 48.1 Å². The van der Waals surface area contributed by atoms with Crippen molar-refractivity contribution in [3.63, 3.8) is 0 Å². The summed E-state index contributed by atoms with van der Waals surface area (Å²) in [5.41, 5.74) is 2.47. The number of hydrogen-bond acceptors (Lipinski definition) is 5. The number of likely N-dealkylation sites (tertiary alicyclic amines) is 1. The Morgan fingerprint density at radius 1 is 1.23 bits per heavy atom. The Hall–Kier alpha value is -2.61. The number of pyridine rings is 1. The van der Waals surface area contributed by atoms with Gasteiger partial charge in [0.05, 0.1) is 18.0 Å². The van der Waals surface area contributed by atoms with E-state index in [1.54, 1.807) is 11.1 Å². The van der Waals surface area contributed by atoms with Crippen LogP contribution in [0.4, 0.5) is 14.5 Å². The fourth-order valence-corrected chi connectivity index (χ4v) is 4.83. The summed E-state index contributed by atoms with van der Waals surface area (Å²) in [5.74, 6) is -3.94. The third-order valence-corrected chi connectivity index (χ3v) is 6.58. The van der Waals surface area contributed by atoms with E-state index in [-0.39, 0.29) is 24.5 Å². The number of carbonyl (C=O) groups is 1. The summed E-state index contributed by atoms with van der Waals surface area (Å²) >= 11 is 0. The van der Waals surface area contributed by atoms with E-state index in [1.807, 2.05) is 30.5 Å². The van der Waals surface area contributed by atoms with Gasteiger partial charge < -0.3 is 15.1 Å². The van der Waals surface area contributed by atoms with Crippen LogP contribution in [0.2, 0.25) is 0 Å². The number of nitrogens with one attached hydrogen (secondary N) is 1. The van der Waals surface area contributed by atoms with Crippen molar-refractivity contribution in [2.75, 3.05) is 38.1 Å². The number of fused-ring (bicyclic) bond motifs is 1. The molecule has 0 aliphatic carbocycles. The molecule has 0 spiro atoms. The van der Waals surface area contributed by atoms with Crippen LogP contribution in [0.25, 0.3) is 10.9 Å². The van der Waals surface area contributed by atoms with Crippen molar-refractivity contribution < 1.29 is 13.6 Å². The summed E-state index contributed by atoms with van der Waals surface area (Å²) in [4.78, 5) is 25.5. The lowest BCUT2D eigenvalue weighted by atomic mass is 9.92. The van der Waals surface area contributed by atoms with E-state index in [9.17, 15) is 13.6 Å². The van der Waals surface area contributed by atoms with Gasteiger partial charge in [-0.25, -0.2) is 8.78 Å². The number of carbonyl (C=O) groups excluding carboxylic acids is 1. The van der Waals surface area contributed by atoms with Crippen LogP contribution in [0.1, 0.15) is 30.9 Å². The van der Waals surface area contributed by atoms with Crippen molar-refractivity contribution in [1.29, 1.82) is 0 Å². The van der Waals surface area contributed by atoms with Gasteiger partial charge in [-0.05, 0) is 51.2 Å². The maximum Gasteiger partial charge on any atom is 0.266 e. The number of benzene rings is 1. The molecule has 4 heterocycles. The quantitative estimate of drug-likeness (QED) is 0.815. The Morgan fingerprint density at radius 3 is 2.74 bits per heavy atom. The van der Waals surface area contributed by atoms with Crippen molar-refractivity contribution in [3.8, 4) is 0 Å². The molecule has 2 unspecified atom stereocenters. The largest absolute Gasteiger partial charge is 0.364 e. The fraction of sp³-hybridized carbons (Fsp3) is 0.522. The van der Waals surface area contributed by atoms with E-state index in [0.29, 0.717) is 5.69 Å². The normalized spacial score (nSPS) is 26.2. The fourth-order valence-electron chi connectivity index (χ4n) is 4.83. The number of nitrogens with zero attached hydrogens (tertiary/aromatic N) is 4. The van der Waals surface area contributed by atoms with Gasteiger partial charge in [-0.3, -0.25) is 14.8 Å². The number of piperidine rings is 2. The lowest BCUT2D eigenvalue weighted by Gasteiger charge is -2.39. The first-order valence-corrected chi connectivity index (χ1v) is 10.9. The smallest absolute Gasteiger partial charge is 0.266 e. The molecule has 3 aliphatic rings. The molecule has 1 amide bonds. The molecular weight excluding hydrogens is 400 g/mol. The molecule has 0 radical (unpaired) electrons. The number of anilines is 1. The zero-order valence-electron chi connectivity index (χ0n) is 17.6. The van der Waals surface area contributed by atoms with Gasteiger partial charge in [-0.2, -0.15) is 0 Å². The van der Waals surface area contributed by atoms with E-state index < -0.39 is 24.8 Å². The summed E-state index contributed by atoms with van der Waals surface area (Å²) in [6, 6.07) is 7.61. The molecule has 2 fully saturated rings. The average molecular weight is 427 g/mol. The van der Waals surface area contributed by atoms with Gasteiger partial charge in [0.15, 0.2) is 0 Å². The highest BCUT2D eigenvalue weighted by Gasteiger charge is 2.44. The van der Waals surface area contributed by atoms with Crippen LogP contribution in [-0.4, -0.2) is 67.2 Å². The van der Waals surface area contributed by atoms with Gasteiger partial charge in [-0.15, -0.1) is 0 Å². The monoisotopic (exact) mass is 427 g/mol. The first-order chi connectivity index (χ1) is 14.9. The van der Waals surface area contributed by atoms with Crippen molar-refractivity contribution in [3.05, 3.63) is 36.0 Å². The summed E-state index contributed by atoms with van der Waals surface area (Å²) < 4.78 is 29.5. The highest BCUT2D eigenvalue weighted by molar-refractivity contribution is 5.97. The second kappa shape index (κ2) is 7.82. The molecule has 8 heteroatoms. The maximum absolute atomic E-state index is 14.7. The van der Waals surface area contributed by atoms with Crippen LogP contribution < -0.4 is 10.2 Å². The van der Waals surface area contributed by atoms with Crippen LogP contribution in [0.5, 0.6) is 0 Å². The van der Waals surface area contributed by atoms with E-state index in [0.717, 1.165) is 42.4 Å². The van der Waals surface area contributed by atoms with E-state index in [1.165, 1.54) is 0 Å². The number of hydrogen-bond donors (Lipinski definition) is 1. The minimum absolute atomic E-state index is 0.0299. The van der Waals surface area contributed by atoms with Crippen molar-refractivity contribution in [2.45, 2.75) is 37.3 Å². The second-order valence-electron chi connectivity index (χ2n) is 9.04. The van der Waals surface area contributed by atoms with Crippen molar-refractivity contribution in [1.82, 2.24) is 15.2 Å². The lowest BCUT2D eigenvalue weighted by Crippen LogP contribution is -2.53. The minimum atomic E-state index is -2.93. The van der Waals surface area contributed by atoms with Crippen molar-refractivity contribution in [2.24, 2.45) is 10.9 Å². The maximum atomic E-state index is 14.7. The predicted molar refractivity (Wildman–Crippen MR) is 117 cm³/mol. The van der Waals surface area contributed by atoms with E-state index in [2.05, 4.69) is 27.2 Å². The third-order valence-electron chi connectivity index (χ3n) is 6.58.